The van der Waals surface area contributed by atoms with E-state index in [1.54, 1.807) is 18.3 Å². The zero-order valence-corrected chi connectivity index (χ0v) is 16.7. The summed E-state index contributed by atoms with van der Waals surface area (Å²) in [5.41, 5.74) is 0.422. The lowest BCUT2D eigenvalue weighted by Crippen LogP contribution is -2.29. The zero-order chi connectivity index (χ0) is 19.6. The molecule has 146 valence electrons. The first-order valence-corrected chi connectivity index (χ1v) is 9.32. The Hall–Kier alpha value is -2.47. The quantitative estimate of drug-likeness (QED) is 0.598. The van der Waals surface area contributed by atoms with Crippen LogP contribution >= 0.6 is 11.6 Å². The number of methoxy groups -OCH3 is 1. The zero-order valence-electron chi connectivity index (χ0n) is 15.9. The fourth-order valence-corrected chi connectivity index (χ4v) is 2.59. The largest absolute Gasteiger partial charge is 0.493 e. The summed E-state index contributed by atoms with van der Waals surface area (Å²) in [5, 5.41) is 6.33. The van der Waals surface area contributed by atoms with Gasteiger partial charge >= 0.3 is 0 Å². The molecule has 2 N–H and O–H groups in total. The second kappa shape index (κ2) is 10.6. The van der Waals surface area contributed by atoms with Gasteiger partial charge in [0.1, 0.15) is 5.82 Å². The third-order valence-electron chi connectivity index (χ3n) is 3.81. The predicted molar refractivity (Wildman–Crippen MR) is 108 cm³/mol. The Balaban J connectivity index is 1.92. The number of aromatic nitrogens is 1. The predicted octanol–water partition coefficient (Wildman–Crippen LogP) is 4.01. The summed E-state index contributed by atoms with van der Waals surface area (Å²) in [5.74, 6) is 1.97. The van der Waals surface area contributed by atoms with Crippen LogP contribution in [0.4, 0.5) is 5.82 Å². The molecule has 1 aromatic carbocycles. The van der Waals surface area contributed by atoms with Crippen LogP contribution in [-0.4, -0.2) is 37.7 Å². The smallest absolute Gasteiger partial charge is 0.251 e. The van der Waals surface area contributed by atoms with Crippen LogP contribution in [0.1, 0.15) is 30.6 Å². The highest BCUT2D eigenvalue weighted by Gasteiger charge is 2.16. The van der Waals surface area contributed by atoms with Gasteiger partial charge in [0.25, 0.3) is 5.91 Å². The fourth-order valence-electron chi connectivity index (χ4n) is 2.32. The topological polar surface area (TPSA) is 72.5 Å². The standard InChI is InChI=1S/C20H26ClN3O3/c1-14(2)7-11-27-19-16(21)12-15(13-17(19)26-3)20(25)24-10-9-23-18-6-4-5-8-22-18/h4-6,8,12-14H,7,9-11H2,1-3H3,(H,22,23)(H,24,25). The summed E-state index contributed by atoms with van der Waals surface area (Å²) in [6, 6.07) is 8.84. The number of carbonyl (C=O) groups excluding carboxylic acids is 1. The molecule has 0 aliphatic heterocycles. The maximum absolute atomic E-state index is 12.4. The summed E-state index contributed by atoms with van der Waals surface area (Å²) in [4.78, 5) is 16.5. The third-order valence-corrected chi connectivity index (χ3v) is 4.10. The van der Waals surface area contributed by atoms with Crippen molar-refractivity contribution in [2.24, 2.45) is 5.92 Å². The molecule has 0 atom stereocenters. The Kier molecular flexibility index (Phi) is 8.20. The maximum Gasteiger partial charge on any atom is 0.251 e. The number of anilines is 1. The first kappa shape index (κ1) is 20.8. The average molecular weight is 392 g/mol. The van der Waals surface area contributed by atoms with Crippen molar-refractivity contribution in [3.63, 3.8) is 0 Å². The van der Waals surface area contributed by atoms with E-state index in [2.05, 4.69) is 29.5 Å². The van der Waals surface area contributed by atoms with Gasteiger partial charge < -0.3 is 20.1 Å². The van der Waals surface area contributed by atoms with Crippen molar-refractivity contribution in [2.45, 2.75) is 20.3 Å². The monoisotopic (exact) mass is 391 g/mol. The molecule has 0 radical (unpaired) electrons. The van der Waals surface area contributed by atoms with E-state index in [-0.39, 0.29) is 5.91 Å². The molecule has 0 fully saturated rings. The number of rotatable bonds is 10. The molecule has 1 amide bonds. The molecule has 0 unspecified atom stereocenters. The molecule has 0 saturated heterocycles. The van der Waals surface area contributed by atoms with Gasteiger partial charge in [0.2, 0.25) is 0 Å². The van der Waals surface area contributed by atoms with Crippen LogP contribution in [0.2, 0.25) is 5.02 Å². The summed E-state index contributed by atoms with van der Waals surface area (Å²) in [6.07, 6.45) is 2.62. The van der Waals surface area contributed by atoms with E-state index >= 15 is 0 Å². The minimum atomic E-state index is -0.230. The highest BCUT2D eigenvalue weighted by Crippen LogP contribution is 2.36. The molecular weight excluding hydrogens is 366 g/mol. The summed E-state index contributed by atoms with van der Waals surface area (Å²) in [7, 11) is 1.53. The van der Waals surface area contributed by atoms with Gasteiger partial charge in [0.05, 0.1) is 18.7 Å². The van der Waals surface area contributed by atoms with E-state index in [0.717, 1.165) is 12.2 Å². The van der Waals surface area contributed by atoms with E-state index < -0.39 is 0 Å². The Morgan fingerprint density at radius 1 is 1.26 bits per heavy atom. The molecule has 6 nitrogen and oxygen atoms in total. The highest BCUT2D eigenvalue weighted by molar-refractivity contribution is 6.32. The highest BCUT2D eigenvalue weighted by atomic mass is 35.5. The van der Waals surface area contributed by atoms with E-state index in [9.17, 15) is 4.79 Å². The molecule has 1 heterocycles. The van der Waals surface area contributed by atoms with E-state index in [1.807, 2.05) is 18.2 Å². The van der Waals surface area contributed by atoms with E-state index in [0.29, 0.717) is 47.7 Å². The summed E-state index contributed by atoms with van der Waals surface area (Å²) in [6.45, 7) is 5.79. The Morgan fingerprint density at radius 3 is 2.74 bits per heavy atom. The second-order valence-electron chi connectivity index (χ2n) is 6.42. The number of hydrogen-bond donors (Lipinski definition) is 2. The lowest BCUT2D eigenvalue weighted by Gasteiger charge is -2.15. The number of pyridine rings is 1. The molecule has 0 saturated carbocycles. The van der Waals surface area contributed by atoms with Crippen LogP contribution in [0.3, 0.4) is 0 Å². The van der Waals surface area contributed by atoms with Gasteiger partial charge in [0.15, 0.2) is 11.5 Å². The van der Waals surface area contributed by atoms with Crippen LogP contribution in [0.5, 0.6) is 11.5 Å². The molecular formula is C20H26ClN3O3. The van der Waals surface area contributed by atoms with Gasteiger partial charge in [-0.1, -0.05) is 31.5 Å². The molecule has 0 spiro atoms. The Morgan fingerprint density at radius 2 is 2.07 bits per heavy atom. The van der Waals surface area contributed by atoms with Crippen molar-refractivity contribution < 1.29 is 14.3 Å². The number of amides is 1. The van der Waals surface area contributed by atoms with Gasteiger partial charge in [-0.2, -0.15) is 0 Å². The van der Waals surface area contributed by atoms with Gasteiger partial charge in [0, 0.05) is 24.8 Å². The minimum Gasteiger partial charge on any atom is -0.493 e. The van der Waals surface area contributed by atoms with Gasteiger partial charge in [-0.3, -0.25) is 4.79 Å². The van der Waals surface area contributed by atoms with Crippen LogP contribution < -0.4 is 20.1 Å². The van der Waals surface area contributed by atoms with E-state index in [4.69, 9.17) is 21.1 Å². The average Bonchev–Trinajstić information content (AvgIpc) is 2.66. The van der Waals surface area contributed by atoms with E-state index in [1.165, 1.54) is 7.11 Å². The molecule has 7 heteroatoms. The van der Waals surface area contributed by atoms with Crippen molar-refractivity contribution in [3.05, 3.63) is 47.1 Å². The lowest BCUT2D eigenvalue weighted by atomic mass is 10.1. The number of nitrogens with one attached hydrogen (secondary N) is 2. The number of benzene rings is 1. The van der Waals surface area contributed by atoms with Crippen molar-refractivity contribution in [1.29, 1.82) is 0 Å². The molecule has 0 bridgehead atoms. The number of nitrogens with zero attached hydrogens (tertiary/aromatic N) is 1. The third kappa shape index (κ3) is 6.64. The number of carbonyl (C=O) groups is 1. The molecule has 0 aliphatic rings. The van der Waals surface area contributed by atoms with Crippen LogP contribution in [0.25, 0.3) is 0 Å². The maximum atomic E-state index is 12.4. The van der Waals surface area contributed by atoms with Gasteiger partial charge in [-0.05, 0) is 36.6 Å². The first-order chi connectivity index (χ1) is 13.0. The normalized spacial score (nSPS) is 10.6. The SMILES string of the molecule is COc1cc(C(=O)NCCNc2ccccn2)cc(Cl)c1OCCC(C)C. The van der Waals surface area contributed by atoms with Crippen molar-refractivity contribution in [2.75, 3.05) is 32.1 Å². The fraction of sp³-hybridized carbons (Fsp3) is 0.400. The van der Waals surface area contributed by atoms with Crippen molar-refractivity contribution >= 4 is 23.3 Å². The van der Waals surface area contributed by atoms with Crippen LogP contribution in [0.15, 0.2) is 36.5 Å². The van der Waals surface area contributed by atoms with Gasteiger partial charge in [-0.25, -0.2) is 4.98 Å². The van der Waals surface area contributed by atoms with Crippen molar-refractivity contribution in [3.8, 4) is 11.5 Å². The Labute approximate surface area is 165 Å². The molecule has 2 aromatic rings. The summed E-state index contributed by atoms with van der Waals surface area (Å²) >= 11 is 6.31. The van der Waals surface area contributed by atoms with Crippen LogP contribution in [-0.2, 0) is 0 Å². The lowest BCUT2D eigenvalue weighted by molar-refractivity contribution is 0.0954. The Bertz CT molecular complexity index is 739. The number of ether oxygens (including phenoxy) is 2. The molecule has 2 rings (SSSR count). The van der Waals surface area contributed by atoms with Gasteiger partial charge in [-0.15, -0.1) is 0 Å². The number of hydrogen-bond acceptors (Lipinski definition) is 5. The second-order valence-corrected chi connectivity index (χ2v) is 6.83. The first-order valence-electron chi connectivity index (χ1n) is 8.94. The molecule has 27 heavy (non-hydrogen) atoms. The number of halogens is 1. The summed E-state index contributed by atoms with van der Waals surface area (Å²) < 4.78 is 11.1. The minimum absolute atomic E-state index is 0.230. The van der Waals surface area contributed by atoms with Crippen LogP contribution in [0, 0.1) is 5.92 Å². The molecule has 1 aromatic heterocycles. The van der Waals surface area contributed by atoms with Crippen molar-refractivity contribution in [1.82, 2.24) is 10.3 Å². The molecule has 0 aliphatic carbocycles.